The van der Waals surface area contributed by atoms with Crippen LogP contribution in [0.4, 0.5) is 4.79 Å². The second-order valence-corrected chi connectivity index (χ2v) is 7.97. The minimum absolute atomic E-state index is 0.184. The van der Waals surface area contributed by atoms with Crippen LogP contribution in [0, 0.1) is 0 Å². The van der Waals surface area contributed by atoms with Crippen LogP contribution in [0.15, 0.2) is 18.2 Å². The van der Waals surface area contributed by atoms with E-state index in [0.29, 0.717) is 29.6 Å². The van der Waals surface area contributed by atoms with Crippen molar-refractivity contribution < 1.29 is 14.3 Å². The number of hydrogen-bond acceptors (Lipinski definition) is 3. The number of halogens is 2. The van der Waals surface area contributed by atoms with E-state index in [2.05, 4.69) is 5.32 Å². The molecule has 2 amide bonds. The molecule has 0 spiro atoms. The van der Waals surface area contributed by atoms with Gasteiger partial charge in [0.1, 0.15) is 11.6 Å². The molecule has 1 aliphatic heterocycles. The maximum Gasteiger partial charge on any atom is 0.410 e. The number of carbonyl (C=O) groups is 2. The summed E-state index contributed by atoms with van der Waals surface area (Å²) in [4.78, 5) is 26.5. The van der Waals surface area contributed by atoms with E-state index in [0.717, 1.165) is 18.4 Å². The number of carbonyl (C=O) groups excluding carboxylic acids is 2. The van der Waals surface area contributed by atoms with E-state index >= 15 is 0 Å². The van der Waals surface area contributed by atoms with Gasteiger partial charge in [0.25, 0.3) is 0 Å². The standard InChI is InChI=1S/C18H24Cl2N2O3/c1-18(2,3)25-17(24)22-9-5-4-6-15(22)16(23)21-11-12-7-8-13(19)14(20)10-12/h7-8,10,15H,4-6,9,11H2,1-3H3,(H,21,23). The minimum atomic E-state index is -0.588. The lowest BCUT2D eigenvalue weighted by Gasteiger charge is -2.35. The molecule has 0 aliphatic carbocycles. The quantitative estimate of drug-likeness (QED) is 0.837. The Morgan fingerprint density at radius 2 is 1.96 bits per heavy atom. The monoisotopic (exact) mass is 386 g/mol. The number of nitrogens with one attached hydrogen (secondary N) is 1. The Bertz CT molecular complexity index is 644. The molecule has 0 radical (unpaired) electrons. The molecule has 1 heterocycles. The topological polar surface area (TPSA) is 58.6 Å². The molecule has 0 bridgehead atoms. The predicted molar refractivity (Wildman–Crippen MR) is 98.9 cm³/mol. The Morgan fingerprint density at radius 3 is 2.60 bits per heavy atom. The molecule has 7 heteroatoms. The van der Waals surface area contributed by atoms with Gasteiger partial charge in [-0.15, -0.1) is 0 Å². The summed E-state index contributed by atoms with van der Waals surface area (Å²) in [5.74, 6) is -0.184. The zero-order valence-electron chi connectivity index (χ0n) is 14.8. The lowest BCUT2D eigenvalue weighted by Crippen LogP contribution is -2.52. The van der Waals surface area contributed by atoms with Crippen LogP contribution in [0.1, 0.15) is 45.6 Å². The first-order valence-electron chi connectivity index (χ1n) is 8.38. The normalized spacial score (nSPS) is 18.0. The highest BCUT2D eigenvalue weighted by atomic mass is 35.5. The molecule has 1 aliphatic rings. The van der Waals surface area contributed by atoms with Crippen molar-refractivity contribution in [3.8, 4) is 0 Å². The van der Waals surface area contributed by atoms with Crippen molar-refractivity contribution in [2.24, 2.45) is 0 Å². The van der Waals surface area contributed by atoms with Crippen LogP contribution in [-0.4, -0.2) is 35.1 Å². The Labute approximate surface area is 158 Å². The van der Waals surface area contributed by atoms with Crippen LogP contribution >= 0.6 is 23.2 Å². The molecule has 1 saturated heterocycles. The lowest BCUT2D eigenvalue weighted by atomic mass is 10.0. The summed E-state index contributed by atoms with van der Waals surface area (Å²) < 4.78 is 5.42. The summed E-state index contributed by atoms with van der Waals surface area (Å²) in [6, 6.07) is 4.71. The lowest BCUT2D eigenvalue weighted by molar-refractivity contribution is -0.127. The zero-order valence-corrected chi connectivity index (χ0v) is 16.3. The molecule has 1 aromatic rings. The third-order valence-electron chi connectivity index (χ3n) is 3.88. The van der Waals surface area contributed by atoms with Crippen molar-refractivity contribution in [3.63, 3.8) is 0 Å². The number of piperidine rings is 1. The second kappa shape index (κ2) is 8.28. The molecule has 0 saturated carbocycles. The fourth-order valence-corrected chi connectivity index (χ4v) is 3.02. The van der Waals surface area contributed by atoms with Crippen LogP contribution in [0.2, 0.25) is 10.0 Å². The van der Waals surface area contributed by atoms with Crippen molar-refractivity contribution in [1.82, 2.24) is 10.2 Å². The first kappa shape index (κ1) is 19.9. The summed E-state index contributed by atoms with van der Waals surface area (Å²) in [5.41, 5.74) is 0.262. The molecule has 0 aromatic heterocycles. The Kier molecular flexibility index (Phi) is 6.58. The largest absolute Gasteiger partial charge is 0.444 e. The van der Waals surface area contributed by atoms with Crippen molar-refractivity contribution in [2.75, 3.05) is 6.54 Å². The third-order valence-corrected chi connectivity index (χ3v) is 4.62. The SMILES string of the molecule is CC(C)(C)OC(=O)N1CCCCC1C(=O)NCc1ccc(Cl)c(Cl)c1. The van der Waals surface area contributed by atoms with Crippen LogP contribution < -0.4 is 5.32 Å². The minimum Gasteiger partial charge on any atom is -0.444 e. The average molecular weight is 387 g/mol. The Morgan fingerprint density at radius 1 is 1.24 bits per heavy atom. The highest BCUT2D eigenvalue weighted by molar-refractivity contribution is 6.42. The Hall–Kier alpha value is -1.46. The van der Waals surface area contributed by atoms with Gasteiger partial charge in [0.2, 0.25) is 5.91 Å². The average Bonchev–Trinajstić information content (AvgIpc) is 2.54. The van der Waals surface area contributed by atoms with Crippen molar-refractivity contribution >= 4 is 35.2 Å². The second-order valence-electron chi connectivity index (χ2n) is 7.15. The molecule has 1 unspecified atom stereocenters. The maximum absolute atomic E-state index is 12.6. The van der Waals surface area contributed by atoms with E-state index in [9.17, 15) is 9.59 Å². The van der Waals surface area contributed by atoms with E-state index < -0.39 is 17.7 Å². The summed E-state index contributed by atoms with van der Waals surface area (Å²) in [7, 11) is 0. The molecule has 1 atom stereocenters. The zero-order chi connectivity index (χ0) is 18.6. The van der Waals surface area contributed by atoms with Crippen LogP contribution in [-0.2, 0) is 16.1 Å². The fourth-order valence-electron chi connectivity index (χ4n) is 2.70. The first-order valence-corrected chi connectivity index (χ1v) is 9.14. The number of benzene rings is 1. The van der Waals surface area contributed by atoms with Crippen molar-refractivity contribution in [1.29, 1.82) is 0 Å². The smallest absolute Gasteiger partial charge is 0.410 e. The maximum atomic E-state index is 12.6. The number of ether oxygens (including phenoxy) is 1. The van der Waals surface area contributed by atoms with Gasteiger partial charge in [0, 0.05) is 13.1 Å². The van der Waals surface area contributed by atoms with Crippen LogP contribution in [0.5, 0.6) is 0 Å². The third kappa shape index (κ3) is 5.79. The molecule has 2 rings (SSSR count). The summed E-state index contributed by atoms with van der Waals surface area (Å²) >= 11 is 11.9. The highest BCUT2D eigenvalue weighted by Crippen LogP contribution is 2.23. The molecular formula is C18H24Cl2N2O3. The van der Waals surface area contributed by atoms with E-state index in [1.165, 1.54) is 4.90 Å². The predicted octanol–water partition coefficient (Wildman–Crippen LogP) is 4.40. The molecule has 25 heavy (non-hydrogen) atoms. The molecule has 138 valence electrons. The van der Waals surface area contributed by atoms with Crippen molar-refractivity contribution in [3.05, 3.63) is 33.8 Å². The number of nitrogens with zero attached hydrogens (tertiary/aromatic N) is 1. The number of likely N-dealkylation sites (tertiary alicyclic amines) is 1. The van der Waals surface area contributed by atoms with Gasteiger partial charge < -0.3 is 10.1 Å². The van der Waals surface area contributed by atoms with E-state index in [4.69, 9.17) is 27.9 Å². The highest BCUT2D eigenvalue weighted by Gasteiger charge is 2.34. The van der Waals surface area contributed by atoms with E-state index in [1.54, 1.807) is 18.2 Å². The van der Waals surface area contributed by atoms with Gasteiger partial charge >= 0.3 is 6.09 Å². The summed E-state index contributed by atoms with van der Waals surface area (Å²) in [6.07, 6.45) is 1.97. The molecule has 5 nitrogen and oxygen atoms in total. The van der Waals surface area contributed by atoms with Crippen LogP contribution in [0.3, 0.4) is 0 Å². The van der Waals surface area contributed by atoms with Gasteiger partial charge in [-0.3, -0.25) is 9.69 Å². The van der Waals surface area contributed by atoms with Gasteiger partial charge in [-0.05, 0) is 57.7 Å². The summed E-state index contributed by atoms with van der Waals surface area (Å²) in [6.45, 7) is 6.30. The van der Waals surface area contributed by atoms with Gasteiger partial charge in [0.15, 0.2) is 0 Å². The number of rotatable bonds is 3. The van der Waals surface area contributed by atoms with Gasteiger partial charge in [-0.25, -0.2) is 4.79 Å². The number of amides is 2. The summed E-state index contributed by atoms with van der Waals surface area (Å²) in [5, 5.41) is 3.79. The van der Waals surface area contributed by atoms with E-state index in [-0.39, 0.29) is 5.91 Å². The molecule has 1 fully saturated rings. The van der Waals surface area contributed by atoms with Crippen LogP contribution in [0.25, 0.3) is 0 Å². The van der Waals surface area contributed by atoms with Gasteiger partial charge in [0.05, 0.1) is 10.0 Å². The molecule has 1 aromatic carbocycles. The van der Waals surface area contributed by atoms with Gasteiger partial charge in [-0.2, -0.15) is 0 Å². The Balaban J connectivity index is 1.99. The molecule has 1 N–H and O–H groups in total. The van der Waals surface area contributed by atoms with E-state index in [1.807, 2.05) is 20.8 Å². The first-order chi connectivity index (χ1) is 11.7. The fraction of sp³-hybridized carbons (Fsp3) is 0.556. The van der Waals surface area contributed by atoms with Gasteiger partial charge in [-0.1, -0.05) is 29.3 Å². The van der Waals surface area contributed by atoms with Crippen molar-refractivity contribution in [2.45, 2.75) is 58.2 Å². The molecular weight excluding hydrogens is 363 g/mol. The number of hydrogen-bond donors (Lipinski definition) is 1.